The highest BCUT2D eigenvalue weighted by Crippen LogP contribution is 2.32. The first-order chi connectivity index (χ1) is 9.70. The van der Waals surface area contributed by atoms with Crippen LogP contribution in [0.4, 0.5) is 10.5 Å². The quantitative estimate of drug-likeness (QED) is 0.779. The van der Waals surface area contributed by atoms with E-state index in [1.807, 2.05) is 13.8 Å². The zero-order valence-electron chi connectivity index (χ0n) is 11.5. The summed E-state index contributed by atoms with van der Waals surface area (Å²) < 4.78 is 0. The van der Waals surface area contributed by atoms with E-state index in [0.717, 1.165) is 0 Å². The van der Waals surface area contributed by atoms with Gasteiger partial charge >= 0.3 is 12.0 Å². The fourth-order valence-electron chi connectivity index (χ4n) is 1.64. The minimum atomic E-state index is -1.09. The average molecular weight is 354 g/mol. The second kappa shape index (κ2) is 7.73. The summed E-state index contributed by atoms with van der Waals surface area (Å²) in [5.74, 6) is -0.967. The van der Waals surface area contributed by atoms with Gasteiger partial charge in [-0.3, -0.25) is 4.79 Å². The van der Waals surface area contributed by atoms with Gasteiger partial charge in [0.2, 0.25) is 0 Å². The third-order valence-electron chi connectivity index (χ3n) is 2.45. The number of carboxylic acid groups (broad SMARTS) is 1. The molecule has 0 radical (unpaired) electrons. The van der Waals surface area contributed by atoms with E-state index in [1.54, 1.807) is 0 Å². The summed E-state index contributed by atoms with van der Waals surface area (Å²) >= 11 is 17.6. The van der Waals surface area contributed by atoms with Crippen LogP contribution in [0.5, 0.6) is 0 Å². The summed E-state index contributed by atoms with van der Waals surface area (Å²) in [6.07, 6.45) is 0. The molecule has 116 valence electrons. The Hall–Kier alpha value is -1.17. The summed E-state index contributed by atoms with van der Waals surface area (Å²) in [4.78, 5) is 24.2. The smallest absolute Gasteiger partial charge is 0.323 e. The van der Waals surface area contributed by atoms with Gasteiger partial charge < -0.3 is 15.3 Å². The highest BCUT2D eigenvalue weighted by molar-refractivity contribution is 6.44. The van der Waals surface area contributed by atoms with E-state index in [1.165, 1.54) is 17.0 Å². The zero-order chi connectivity index (χ0) is 16.2. The van der Waals surface area contributed by atoms with Gasteiger partial charge in [-0.2, -0.15) is 0 Å². The number of nitrogens with one attached hydrogen (secondary N) is 1. The van der Waals surface area contributed by atoms with Crippen LogP contribution in [0.1, 0.15) is 13.8 Å². The first-order valence-corrected chi connectivity index (χ1v) is 7.26. The summed E-state index contributed by atoms with van der Waals surface area (Å²) in [5, 5.41) is 12.1. The number of hydrogen-bond acceptors (Lipinski definition) is 2. The molecule has 1 aromatic carbocycles. The van der Waals surface area contributed by atoms with Crippen LogP contribution >= 0.6 is 34.8 Å². The SMILES string of the molecule is CC(C)CN(CC(=O)O)C(=O)Nc1cc(Cl)c(Cl)cc1Cl. The van der Waals surface area contributed by atoms with E-state index in [0.29, 0.717) is 6.54 Å². The average Bonchev–Trinajstić information content (AvgIpc) is 2.33. The molecule has 0 aromatic heterocycles. The molecule has 0 saturated heterocycles. The normalized spacial score (nSPS) is 10.6. The van der Waals surface area contributed by atoms with E-state index in [2.05, 4.69) is 5.32 Å². The molecular weight excluding hydrogens is 339 g/mol. The number of urea groups is 1. The molecule has 0 aliphatic rings. The molecule has 2 N–H and O–H groups in total. The summed E-state index contributed by atoms with van der Waals surface area (Å²) in [5.41, 5.74) is 0.273. The van der Waals surface area contributed by atoms with Crippen LogP contribution in [-0.2, 0) is 4.79 Å². The molecule has 8 heteroatoms. The van der Waals surface area contributed by atoms with E-state index >= 15 is 0 Å². The molecule has 0 saturated carbocycles. The molecule has 0 atom stereocenters. The van der Waals surface area contributed by atoms with Crippen LogP contribution in [0.15, 0.2) is 12.1 Å². The van der Waals surface area contributed by atoms with E-state index in [9.17, 15) is 9.59 Å². The second-order valence-electron chi connectivity index (χ2n) is 4.84. The van der Waals surface area contributed by atoms with Crippen LogP contribution in [0.25, 0.3) is 0 Å². The number of carbonyl (C=O) groups excluding carboxylic acids is 1. The molecule has 0 unspecified atom stereocenters. The Kier molecular flexibility index (Phi) is 6.58. The molecule has 1 aromatic rings. The minimum absolute atomic E-state index is 0.124. The molecule has 2 amide bonds. The van der Waals surface area contributed by atoms with Gasteiger partial charge in [-0.1, -0.05) is 48.7 Å². The van der Waals surface area contributed by atoms with Crippen molar-refractivity contribution in [1.82, 2.24) is 4.90 Å². The van der Waals surface area contributed by atoms with Gasteiger partial charge in [0.25, 0.3) is 0 Å². The first kappa shape index (κ1) is 17.9. The molecule has 0 aliphatic heterocycles. The Balaban J connectivity index is 2.90. The van der Waals surface area contributed by atoms with Gasteiger partial charge in [0.05, 0.1) is 20.8 Å². The Morgan fingerprint density at radius 1 is 1.19 bits per heavy atom. The van der Waals surface area contributed by atoms with Crippen molar-refractivity contribution in [2.24, 2.45) is 5.92 Å². The van der Waals surface area contributed by atoms with Gasteiger partial charge in [0.1, 0.15) is 6.54 Å². The lowest BCUT2D eigenvalue weighted by Gasteiger charge is -2.23. The molecule has 5 nitrogen and oxygen atoms in total. The molecule has 0 spiro atoms. The number of benzene rings is 1. The van der Waals surface area contributed by atoms with Crippen molar-refractivity contribution >= 4 is 52.5 Å². The van der Waals surface area contributed by atoms with Crippen molar-refractivity contribution in [3.8, 4) is 0 Å². The maximum absolute atomic E-state index is 12.1. The Morgan fingerprint density at radius 3 is 2.29 bits per heavy atom. The predicted molar refractivity (Wildman–Crippen MR) is 84.5 cm³/mol. The number of anilines is 1. The lowest BCUT2D eigenvalue weighted by molar-refractivity contribution is -0.137. The van der Waals surface area contributed by atoms with Crippen LogP contribution < -0.4 is 5.32 Å². The number of rotatable bonds is 5. The number of hydrogen-bond donors (Lipinski definition) is 2. The molecule has 21 heavy (non-hydrogen) atoms. The first-order valence-electron chi connectivity index (χ1n) is 6.13. The van der Waals surface area contributed by atoms with Crippen LogP contribution in [0.2, 0.25) is 15.1 Å². The summed E-state index contributed by atoms with van der Waals surface area (Å²) in [6, 6.07) is 2.26. The third kappa shape index (κ3) is 5.61. The van der Waals surface area contributed by atoms with Gasteiger partial charge in [-0.25, -0.2) is 4.79 Å². The van der Waals surface area contributed by atoms with Crippen LogP contribution in [-0.4, -0.2) is 35.1 Å². The fourth-order valence-corrected chi connectivity index (χ4v) is 2.23. The van der Waals surface area contributed by atoms with E-state index < -0.39 is 18.5 Å². The zero-order valence-corrected chi connectivity index (χ0v) is 13.8. The monoisotopic (exact) mass is 352 g/mol. The highest BCUT2D eigenvalue weighted by Gasteiger charge is 2.19. The number of carboxylic acids is 1. The number of halogens is 3. The highest BCUT2D eigenvalue weighted by atomic mass is 35.5. The Labute approximate surface area is 137 Å². The molecule has 0 heterocycles. The van der Waals surface area contributed by atoms with Gasteiger partial charge in [-0.05, 0) is 18.1 Å². The van der Waals surface area contributed by atoms with Crippen molar-refractivity contribution in [3.63, 3.8) is 0 Å². The number of nitrogens with zero attached hydrogens (tertiary/aromatic N) is 1. The molecule has 0 fully saturated rings. The Bertz CT molecular complexity index is 550. The lowest BCUT2D eigenvalue weighted by Crippen LogP contribution is -2.41. The van der Waals surface area contributed by atoms with E-state index in [4.69, 9.17) is 39.9 Å². The van der Waals surface area contributed by atoms with Crippen LogP contribution in [0.3, 0.4) is 0 Å². The largest absolute Gasteiger partial charge is 0.480 e. The molecule has 0 aliphatic carbocycles. The molecular formula is C13H15Cl3N2O3. The summed E-state index contributed by atoms with van der Waals surface area (Å²) in [7, 11) is 0. The van der Waals surface area contributed by atoms with Gasteiger partial charge in [0.15, 0.2) is 0 Å². The fraction of sp³-hybridized carbons (Fsp3) is 0.385. The maximum atomic E-state index is 12.1. The molecule has 0 bridgehead atoms. The predicted octanol–water partition coefficient (Wildman–Crippen LogP) is 4.22. The van der Waals surface area contributed by atoms with Gasteiger partial charge in [-0.15, -0.1) is 0 Å². The van der Waals surface area contributed by atoms with Crippen molar-refractivity contribution in [2.45, 2.75) is 13.8 Å². The topological polar surface area (TPSA) is 69.6 Å². The Morgan fingerprint density at radius 2 is 1.76 bits per heavy atom. The lowest BCUT2D eigenvalue weighted by atomic mass is 10.2. The van der Waals surface area contributed by atoms with Crippen molar-refractivity contribution in [1.29, 1.82) is 0 Å². The second-order valence-corrected chi connectivity index (χ2v) is 6.07. The number of amides is 2. The van der Waals surface area contributed by atoms with Gasteiger partial charge in [0, 0.05) is 6.54 Å². The van der Waals surface area contributed by atoms with Crippen LogP contribution in [0, 0.1) is 5.92 Å². The standard InChI is InChI=1S/C13H15Cl3N2O3/c1-7(2)5-18(6-12(19)20)13(21)17-11-4-9(15)8(14)3-10(11)16/h3-4,7H,5-6H2,1-2H3,(H,17,21)(H,19,20). The van der Waals surface area contributed by atoms with Crippen molar-refractivity contribution in [2.75, 3.05) is 18.4 Å². The number of aliphatic carboxylic acids is 1. The third-order valence-corrected chi connectivity index (χ3v) is 3.49. The number of carbonyl (C=O) groups is 2. The van der Waals surface area contributed by atoms with Crippen molar-refractivity contribution in [3.05, 3.63) is 27.2 Å². The molecule has 1 rings (SSSR count). The van der Waals surface area contributed by atoms with Crippen molar-refractivity contribution < 1.29 is 14.7 Å². The maximum Gasteiger partial charge on any atom is 0.323 e. The minimum Gasteiger partial charge on any atom is -0.480 e. The summed E-state index contributed by atoms with van der Waals surface area (Å²) in [6.45, 7) is 3.67. The van der Waals surface area contributed by atoms with E-state index in [-0.39, 0.29) is 26.7 Å².